The van der Waals surface area contributed by atoms with Crippen LogP contribution in [0.4, 0.5) is 10.5 Å². The highest BCUT2D eigenvalue weighted by molar-refractivity contribution is 5.93. The second kappa shape index (κ2) is 6.19. The monoisotopic (exact) mass is 264 g/mol. The maximum atomic E-state index is 11.7. The zero-order valence-corrected chi connectivity index (χ0v) is 10.6. The summed E-state index contributed by atoms with van der Waals surface area (Å²) < 4.78 is 9.91. The highest BCUT2D eigenvalue weighted by Crippen LogP contribution is 2.13. The van der Waals surface area contributed by atoms with Crippen LogP contribution < -0.4 is 10.6 Å². The number of carbonyl (C=O) groups is 2. The molecule has 1 fully saturated rings. The third-order valence-corrected chi connectivity index (χ3v) is 2.76. The number of carbonyl (C=O) groups excluding carboxylic acids is 2. The average molecular weight is 264 g/mol. The van der Waals surface area contributed by atoms with E-state index in [4.69, 9.17) is 4.74 Å². The number of esters is 1. The molecule has 0 aromatic heterocycles. The van der Waals surface area contributed by atoms with Crippen molar-refractivity contribution in [2.45, 2.75) is 19.1 Å². The molecule has 1 heterocycles. The lowest BCUT2D eigenvalue weighted by molar-refractivity contribution is 0.0600. The van der Waals surface area contributed by atoms with E-state index in [9.17, 15) is 9.59 Å². The summed E-state index contributed by atoms with van der Waals surface area (Å²) in [4.78, 5) is 23.1. The molecule has 1 atom stereocenters. The number of rotatable bonds is 3. The second-order valence-corrected chi connectivity index (χ2v) is 4.17. The van der Waals surface area contributed by atoms with Gasteiger partial charge < -0.3 is 20.1 Å². The van der Waals surface area contributed by atoms with Crippen LogP contribution >= 0.6 is 0 Å². The van der Waals surface area contributed by atoms with Crippen LogP contribution in [0.3, 0.4) is 0 Å². The van der Waals surface area contributed by atoms with Crippen LogP contribution in [-0.4, -0.2) is 31.9 Å². The molecule has 2 rings (SSSR count). The Hall–Kier alpha value is -2.08. The van der Waals surface area contributed by atoms with E-state index in [0.29, 0.717) is 17.9 Å². The molecular formula is C13H16N2O4. The Bertz CT molecular complexity index is 469. The minimum Gasteiger partial charge on any atom is -0.465 e. The zero-order valence-electron chi connectivity index (χ0n) is 10.6. The number of amides is 2. The third-order valence-electron chi connectivity index (χ3n) is 2.76. The summed E-state index contributed by atoms with van der Waals surface area (Å²) in [5, 5.41) is 5.35. The minimum absolute atomic E-state index is 0.233. The van der Waals surface area contributed by atoms with E-state index in [2.05, 4.69) is 15.4 Å². The fourth-order valence-corrected chi connectivity index (χ4v) is 1.85. The summed E-state index contributed by atoms with van der Waals surface area (Å²) in [5.74, 6) is -0.441. The molecule has 1 aliphatic heterocycles. The molecule has 102 valence electrons. The van der Waals surface area contributed by atoms with Gasteiger partial charge in [-0.3, -0.25) is 0 Å². The van der Waals surface area contributed by atoms with Gasteiger partial charge in [-0.25, -0.2) is 9.59 Å². The van der Waals surface area contributed by atoms with Crippen molar-refractivity contribution >= 4 is 17.7 Å². The van der Waals surface area contributed by atoms with Gasteiger partial charge in [0, 0.05) is 12.3 Å². The summed E-state index contributed by atoms with van der Waals surface area (Å²) >= 11 is 0. The van der Waals surface area contributed by atoms with Gasteiger partial charge in [0.1, 0.15) is 6.23 Å². The Labute approximate surface area is 111 Å². The summed E-state index contributed by atoms with van der Waals surface area (Å²) in [7, 11) is 1.31. The number of methoxy groups -OCH3 is 1. The number of ether oxygens (including phenoxy) is 2. The summed E-state index contributed by atoms with van der Waals surface area (Å²) in [6.45, 7) is 0.669. The molecule has 0 saturated carbocycles. The van der Waals surface area contributed by atoms with Crippen LogP contribution in [0.25, 0.3) is 0 Å². The first-order valence-electron chi connectivity index (χ1n) is 6.06. The normalized spacial score (nSPS) is 17.8. The Balaban J connectivity index is 1.94. The molecule has 6 nitrogen and oxygen atoms in total. The van der Waals surface area contributed by atoms with Gasteiger partial charge in [0.05, 0.1) is 12.7 Å². The maximum absolute atomic E-state index is 11.7. The number of urea groups is 1. The molecule has 19 heavy (non-hydrogen) atoms. The predicted molar refractivity (Wildman–Crippen MR) is 68.9 cm³/mol. The first-order valence-corrected chi connectivity index (χ1v) is 6.06. The smallest absolute Gasteiger partial charge is 0.337 e. The van der Waals surface area contributed by atoms with Crippen molar-refractivity contribution in [2.24, 2.45) is 0 Å². The van der Waals surface area contributed by atoms with Gasteiger partial charge in [-0.05, 0) is 31.0 Å². The molecule has 0 radical (unpaired) electrons. The Morgan fingerprint density at radius 3 is 2.95 bits per heavy atom. The quantitative estimate of drug-likeness (QED) is 0.815. The van der Waals surface area contributed by atoms with Crippen molar-refractivity contribution in [3.63, 3.8) is 0 Å². The number of hydrogen-bond acceptors (Lipinski definition) is 4. The van der Waals surface area contributed by atoms with E-state index in [1.54, 1.807) is 24.3 Å². The number of anilines is 1. The van der Waals surface area contributed by atoms with Crippen LogP contribution in [0.1, 0.15) is 23.2 Å². The van der Waals surface area contributed by atoms with E-state index in [1.165, 1.54) is 7.11 Å². The fraction of sp³-hybridized carbons (Fsp3) is 0.385. The van der Waals surface area contributed by atoms with Gasteiger partial charge in [-0.1, -0.05) is 6.07 Å². The van der Waals surface area contributed by atoms with Gasteiger partial charge in [-0.15, -0.1) is 0 Å². The van der Waals surface area contributed by atoms with Crippen molar-refractivity contribution in [2.75, 3.05) is 19.0 Å². The predicted octanol–water partition coefficient (Wildman–Crippen LogP) is 1.73. The highest BCUT2D eigenvalue weighted by atomic mass is 16.5. The molecule has 0 aliphatic carbocycles. The maximum Gasteiger partial charge on any atom is 0.337 e. The van der Waals surface area contributed by atoms with Gasteiger partial charge in [0.2, 0.25) is 0 Å². The van der Waals surface area contributed by atoms with Crippen LogP contribution in [0.2, 0.25) is 0 Å². The number of nitrogens with one attached hydrogen (secondary N) is 2. The average Bonchev–Trinajstić information content (AvgIpc) is 2.90. The van der Waals surface area contributed by atoms with Crippen LogP contribution in [0.5, 0.6) is 0 Å². The lowest BCUT2D eigenvalue weighted by atomic mass is 10.2. The van der Waals surface area contributed by atoms with E-state index in [-0.39, 0.29) is 12.3 Å². The molecule has 2 amide bonds. The molecule has 6 heteroatoms. The molecular weight excluding hydrogens is 248 g/mol. The van der Waals surface area contributed by atoms with Crippen molar-refractivity contribution in [1.82, 2.24) is 5.32 Å². The lowest BCUT2D eigenvalue weighted by Gasteiger charge is -2.13. The van der Waals surface area contributed by atoms with Gasteiger partial charge in [-0.2, -0.15) is 0 Å². The van der Waals surface area contributed by atoms with Gasteiger partial charge >= 0.3 is 12.0 Å². The Morgan fingerprint density at radius 1 is 1.42 bits per heavy atom. The van der Waals surface area contributed by atoms with E-state index >= 15 is 0 Å². The van der Waals surface area contributed by atoms with Crippen LogP contribution in [0, 0.1) is 0 Å². The van der Waals surface area contributed by atoms with Crippen molar-refractivity contribution in [1.29, 1.82) is 0 Å². The van der Waals surface area contributed by atoms with Crippen molar-refractivity contribution in [3.8, 4) is 0 Å². The van der Waals surface area contributed by atoms with Crippen LogP contribution in [-0.2, 0) is 9.47 Å². The first kappa shape index (κ1) is 13.4. The Morgan fingerprint density at radius 2 is 2.26 bits per heavy atom. The summed E-state index contributed by atoms with van der Waals surface area (Å²) in [5.41, 5.74) is 0.913. The van der Waals surface area contributed by atoms with Crippen LogP contribution in [0.15, 0.2) is 24.3 Å². The molecule has 1 unspecified atom stereocenters. The molecule has 2 N–H and O–H groups in total. The molecule has 1 aliphatic rings. The van der Waals surface area contributed by atoms with Gasteiger partial charge in [0.25, 0.3) is 0 Å². The summed E-state index contributed by atoms with van der Waals surface area (Å²) in [6.07, 6.45) is 1.53. The Kier molecular flexibility index (Phi) is 4.35. The van der Waals surface area contributed by atoms with E-state index < -0.39 is 5.97 Å². The zero-order chi connectivity index (χ0) is 13.7. The molecule has 1 saturated heterocycles. The third kappa shape index (κ3) is 3.69. The number of hydrogen-bond donors (Lipinski definition) is 2. The van der Waals surface area contributed by atoms with E-state index in [0.717, 1.165) is 12.8 Å². The minimum atomic E-state index is -0.441. The van der Waals surface area contributed by atoms with E-state index in [1.807, 2.05) is 0 Å². The molecule has 1 aromatic rings. The second-order valence-electron chi connectivity index (χ2n) is 4.17. The molecule has 1 aromatic carbocycles. The lowest BCUT2D eigenvalue weighted by Crippen LogP contribution is -2.37. The SMILES string of the molecule is COC(=O)c1cccc(NC(=O)NC2CCCO2)c1. The van der Waals surface area contributed by atoms with Crippen molar-refractivity contribution < 1.29 is 19.1 Å². The topological polar surface area (TPSA) is 76.7 Å². The standard InChI is InChI=1S/C13H16N2O4/c1-18-12(16)9-4-2-5-10(8-9)14-13(17)15-11-6-3-7-19-11/h2,4-5,8,11H,3,6-7H2,1H3,(H2,14,15,17). The fourth-order valence-electron chi connectivity index (χ4n) is 1.85. The first-order chi connectivity index (χ1) is 9.19. The van der Waals surface area contributed by atoms with Gasteiger partial charge in [0.15, 0.2) is 0 Å². The summed E-state index contributed by atoms with van der Waals surface area (Å²) in [6, 6.07) is 6.19. The number of benzene rings is 1. The highest BCUT2D eigenvalue weighted by Gasteiger charge is 2.17. The largest absolute Gasteiger partial charge is 0.465 e. The molecule has 0 bridgehead atoms. The molecule has 0 spiro atoms. The van der Waals surface area contributed by atoms with Crippen molar-refractivity contribution in [3.05, 3.63) is 29.8 Å².